The van der Waals surface area contributed by atoms with Crippen LogP contribution in [0.5, 0.6) is 0 Å². The first-order valence-electron chi connectivity index (χ1n) is 8.33. The average molecular weight is 286 g/mol. The number of nitrogens with zero attached hydrogens (tertiary/aromatic N) is 1. The molecule has 1 amide bonds. The van der Waals surface area contributed by atoms with E-state index in [-0.39, 0.29) is 5.91 Å². The van der Waals surface area contributed by atoms with E-state index < -0.39 is 0 Å². The standard InChI is InChI=1S/C18H26N2O/c1-3-19-18(13-6-4-5-7-13)15-8-10-16-14(12-15)9-11-17(21)20(16)2/h8,10,12-13,18-19H,3-7,9,11H2,1-2H3. The lowest BCUT2D eigenvalue weighted by Gasteiger charge is -2.29. The van der Waals surface area contributed by atoms with Crippen LogP contribution in [0.25, 0.3) is 0 Å². The molecule has 0 saturated heterocycles. The number of hydrogen-bond donors (Lipinski definition) is 1. The summed E-state index contributed by atoms with van der Waals surface area (Å²) >= 11 is 0. The molecule has 1 saturated carbocycles. The fourth-order valence-corrected chi connectivity index (χ4v) is 3.94. The first kappa shape index (κ1) is 14.6. The first-order valence-corrected chi connectivity index (χ1v) is 8.33. The smallest absolute Gasteiger partial charge is 0.227 e. The Morgan fingerprint density at radius 3 is 2.76 bits per heavy atom. The Bertz CT molecular complexity index is 520. The van der Waals surface area contributed by atoms with Crippen LogP contribution in [-0.4, -0.2) is 19.5 Å². The van der Waals surface area contributed by atoms with Crippen LogP contribution < -0.4 is 10.2 Å². The van der Waals surface area contributed by atoms with Gasteiger partial charge in [-0.25, -0.2) is 0 Å². The lowest BCUT2D eigenvalue weighted by molar-refractivity contribution is -0.118. The number of fused-ring (bicyclic) bond motifs is 1. The van der Waals surface area contributed by atoms with E-state index in [0.29, 0.717) is 12.5 Å². The Morgan fingerprint density at radius 2 is 2.05 bits per heavy atom. The van der Waals surface area contributed by atoms with Crippen molar-refractivity contribution < 1.29 is 4.79 Å². The predicted octanol–water partition coefficient (Wildman–Crippen LogP) is 3.44. The van der Waals surface area contributed by atoms with Gasteiger partial charge in [-0.15, -0.1) is 0 Å². The van der Waals surface area contributed by atoms with Crippen LogP contribution in [0.3, 0.4) is 0 Å². The molecule has 3 nitrogen and oxygen atoms in total. The van der Waals surface area contributed by atoms with Crippen LogP contribution in [0, 0.1) is 5.92 Å². The zero-order chi connectivity index (χ0) is 14.8. The average Bonchev–Trinajstić information content (AvgIpc) is 3.02. The van der Waals surface area contributed by atoms with E-state index in [1.807, 2.05) is 7.05 Å². The number of rotatable bonds is 4. The lowest BCUT2D eigenvalue weighted by Crippen LogP contribution is -2.32. The molecule has 1 aromatic carbocycles. The summed E-state index contributed by atoms with van der Waals surface area (Å²) in [6.07, 6.45) is 6.95. The Balaban J connectivity index is 1.89. The highest BCUT2D eigenvalue weighted by atomic mass is 16.2. The summed E-state index contributed by atoms with van der Waals surface area (Å²) in [6, 6.07) is 7.18. The van der Waals surface area contributed by atoms with Gasteiger partial charge >= 0.3 is 0 Å². The van der Waals surface area contributed by atoms with Crippen molar-refractivity contribution in [2.24, 2.45) is 5.92 Å². The molecule has 3 rings (SSSR count). The Kier molecular flexibility index (Phi) is 4.29. The summed E-state index contributed by atoms with van der Waals surface area (Å²) in [5.41, 5.74) is 3.83. The van der Waals surface area contributed by atoms with Gasteiger partial charge in [-0.3, -0.25) is 4.79 Å². The van der Waals surface area contributed by atoms with Crippen LogP contribution >= 0.6 is 0 Å². The molecule has 1 aliphatic heterocycles. The van der Waals surface area contributed by atoms with Crippen LogP contribution in [0.15, 0.2) is 18.2 Å². The molecule has 21 heavy (non-hydrogen) atoms. The van der Waals surface area contributed by atoms with Gasteiger partial charge in [-0.2, -0.15) is 0 Å². The predicted molar refractivity (Wildman–Crippen MR) is 86.5 cm³/mol. The SMILES string of the molecule is CCNC(c1ccc2c(c1)CCC(=O)N2C)C1CCCC1. The molecule has 1 N–H and O–H groups in total. The molecule has 1 atom stereocenters. The molecule has 0 aromatic heterocycles. The summed E-state index contributed by atoms with van der Waals surface area (Å²) in [7, 11) is 1.89. The van der Waals surface area contributed by atoms with Gasteiger partial charge in [0.1, 0.15) is 0 Å². The number of carbonyl (C=O) groups is 1. The molecular formula is C18H26N2O. The number of hydrogen-bond acceptors (Lipinski definition) is 2. The van der Waals surface area contributed by atoms with E-state index in [4.69, 9.17) is 0 Å². The maximum absolute atomic E-state index is 11.8. The monoisotopic (exact) mass is 286 g/mol. The van der Waals surface area contributed by atoms with E-state index in [1.165, 1.54) is 36.8 Å². The Labute approximate surface area is 127 Å². The van der Waals surface area contributed by atoms with Crippen molar-refractivity contribution in [3.63, 3.8) is 0 Å². The normalized spacial score (nSPS) is 20.7. The molecule has 1 unspecified atom stereocenters. The Hall–Kier alpha value is -1.35. The lowest BCUT2D eigenvalue weighted by atomic mass is 9.89. The van der Waals surface area contributed by atoms with Crippen molar-refractivity contribution >= 4 is 11.6 Å². The van der Waals surface area contributed by atoms with Crippen LogP contribution in [0.1, 0.15) is 56.2 Å². The molecule has 1 aromatic rings. The zero-order valence-corrected chi connectivity index (χ0v) is 13.2. The molecular weight excluding hydrogens is 260 g/mol. The number of nitrogens with one attached hydrogen (secondary N) is 1. The second kappa shape index (κ2) is 6.18. The summed E-state index contributed by atoms with van der Waals surface area (Å²) in [4.78, 5) is 13.6. The molecule has 114 valence electrons. The number of aryl methyl sites for hydroxylation is 1. The van der Waals surface area contributed by atoms with Gasteiger partial charge in [-0.1, -0.05) is 31.9 Å². The fraction of sp³-hybridized carbons (Fsp3) is 0.611. The first-order chi connectivity index (χ1) is 10.2. The molecule has 3 heteroatoms. The van der Waals surface area contributed by atoms with Crippen molar-refractivity contribution in [3.05, 3.63) is 29.3 Å². The third-order valence-corrected chi connectivity index (χ3v) is 5.10. The maximum atomic E-state index is 11.8. The van der Waals surface area contributed by atoms with E-state index in [2.05, 4.69) is 30.4 Å². The van der Waals surface area contributed by atoms with E-state index in [1.54, 1.807) is 4.90 Å². The molecule has 0 spiro atoms. The minimum absolute atomic E-state index is 0.231. The summed E-state index contributed by atoms with van der Waals surface area (Å²) in [6.45, 7) is 3.20. The molecule has 1 fully saturated rings. The zero-order valence-electron chi connectivity index (χ0n) is 13.2. The van der Waals surface area contributed by atoms with Crippen molar-refractivity contribution in [2.75, 3.05) is 18.5 Å². The van der Waals surface area contributed by atoms with Crippen LogP contribution in [0.2, 0.25) is 0 Å². The number of benzene rings is 1. The molecule has 1 aliphatic carbocycles. The minimum atomic E-state index is 0.231. The quantitative estimate of drug-likeness (QED) is 0.919. The van der Waals surface area contributed by atoms with E-state index >= 15 is 0 Å². The topological polar surface area (TPSA) is 32.3 Å². The van der Waals surface area contributed by atoms with Crippen LogP contribution in [-0.2, 0) is 11.2 Å². The summed E-state index contributed by atoms with van der Waals surface area (Å²) in [5.74, 6) is 1.00. The number of carbonyl (C=O) groups excluding carboxylic acids is 1. The van der Waals surface area contributed by atoms with Gasteiger partial charge in [0.25, 0.3) is 0 Å². The van der Waals surface area contributed by atoms with Gasteiger partial charge in [0.05, 0.1) is 0 Å². The van der Waals surface area contributed by atoms with Gasteiger partial charge < -0.3 is 10.2 Å². The summed E-state index contributed by atoms with van der Waals surface area (Å²) < 4.78 is 0. The van der Waals surface area contributed by atoms with Gasteiger partial charge in [0.15, 0.2) is 0 Å². The highest BCUT2D eigenvalue weighted by Crippen LogP contribution is 2.37. The van der Waals surface area contributed by atoms with Crippen molar-refractivity contribution in [1.82, 2.24) is 5.32 Å². The number of anilines is 1. The van der Waals surface area contributed by atoms with Gasteiger partial charge in [0.2, 0.25) is 5.91 Å². The van der Waals surface area contributed by atoms with Gasteiger partial charge in [-0.05, 0) is 48.9 Å². The van der Waals surface area contributed by atoms with Crippen molar-refractivity contribution in [1.29, 1.82) is 0 Å². The van der Waals surface area contributed by atoms with E-state index in [9.17, 15) is 4.79 Å². The molecule has 2 aliphatic rings. The third kappa shape index (κ3) is 2.84. The summed E-state index contributed by atoms with van der Waals surface area (Å²) in [5, 5.41) is 3.69. The van der Waals surface area contributed by atoms with Crippen molar-refractivity contribution in [2.45, 2.75) is 51.5 Å². The van der Waals surface area contributed by atoms with E-state index in [0.717, 1.165) is 24.6 Å². The highest BCUT2D eigenvalue weighted by Gasteiger charge is 2.27. The largest absolute Gasteiger partial charge is 0.315 e. The highest BCUT2D eigenvalue weighted by molar-refractivity contribution is 5.95. The molecule has 0 radical (unpaired) electrons. The maximum Gasteiger partial charge on any atom is 0.227 e. The second-order valence-corrected chi connectivity index (χ2v) is 6.42. The Morgan fingerprint density at radius 1 is 1.29 bits per heavy atom. The third-order valence-electron chi connectivity index (χ3n) is 5.10. The molecule has 1 heterocycles. The second-order valence-electron chi connectivity index (χ2n) is 6.42. The van der Waals surface area contributed by atoms with Gasteiger partial charge in [0, 0.05) is 25.2 Å². The fourth-order valence-electron chi connectivity index (χ4n) is 3.94. The minimum Gasteiger partial charge on any atom is -0.315 e. The van der Waals surface area contributed by atoms with Crippen molar-refractivity contribution in [3.8, 4) is 0 Å². The molecule has 0 bridgehead atoms. The van der Waals surface area contributed by atoms with Crippen LogP contribution in [0.4, 0.5) is 5.69 Å². The number of amides is 1.